The molecule has 1 heterocycles. The fourth-order valence-electron chi connectivity index (χ4n) is 10.3. The van der Waals surface area contributed by atoms with E-state index in [1.54, 1.807) is 5.57 Å². The van der Waals surface area contributed by atoms with Crippen LogP contribution in [0, 0.1) is 40.4 Å². The highest BCUT2D eigenvalue weighted by Crippen LogP contribution is 2.67. The van der Waals surface area contributed by atoms with Crippen molar-refractivity contribution in [1.82, 2.24) is 4.90 Å². The molecule has 1 aromatic carbocycles. The number of amides is 1. The Kier molecular flexibility index (Phi) is 6.83. The lowest BCUT2D eigenvalue weighted by Gasteiger charge is -2.58. The fraction of sp³-hybridized carbons (Fsp3) is 0.735. The summed E-state index contributed by atoms with van der Waals surface area (Å²) in [4.78, 5) is 15.3. The summed E-state index contributed by atoms with van der Waals surface area (Å²) in [5.41, 5.74) is 3.72. The molecule has 1 saturated heterocycles. The first-order valence-corrected chi connectivity index (χ1v) is 15.5. The van der Waals surface area contributed by atoms with Crippen molar-refractivity contribution in [1.29, 1.82) is 0 Å². The van der Waals surface area contributed by atoms with Crippen molar-refractivity contribution in [3.8, 4) is 0 Å². The molecule has 0 radical (unpaired) electrons. The molecule has 0 spiro atoms. The quantitative estimate of drug-likeness (QED) is 0.427. The Labute approximate surface area is 225 Å². The molecule has 4 fully saturated rings. The van der Waals surface area contributed by atoms with Crippen molar-refractivity contribution < 1.29 is 9.90 Å². The van der Waals surface area contributed by atoms with E-state index in [0.717, 1.165) is 68.9 Å². The lowest BCUT2D eigenvalue weighted by Crippen LogP contribution is -2.50. The van der Waals surface area contributed by atoms with E-state index >= 15 is 0 Å². The second kappa shape index (κ2) is 9.85. The molecule has 1 aliphatic heterocycles. The third kappa shape index (κ3) is 4.42. The van der Waals surface area contributed by atoms with E-state index < -0.39 is 0 Å². The number of carbonyl (C=O) groups excluding carboxylic acids is 1. The van der Waals surface area contributed by atoms with Gasteiger partial charge in [0.25, 0.3) is 0 Å². The summed E-state index contributed by atoms with van der Waals surface area (Å²) in [5.74, 6) is 4.73. The van der Waals surface area contributed by atoms with Gasteiger partial charge in [0.2, 0.25) is 5.91 Å². The summed E-state index contributed by atoms with van der Waals surface area (Å²) < 4.78 is 0. The van der Waals surface area contributed by atoms with Crippen LogP contribution in [0.25, 0.3) is 0 Å². The number of benzene rings is 1. The van der Waals surface area contributed by atoms with Crippen LogP contribution in [0.2, 0.25) is 0 Å². The highest BCUT2D eigenvalue weighted by molar-refractivity contribution is 5.76. The molecule has 3 nitrogen and oxygen atoms in total. The molecule has 3 saturated carbocycles. The average molecular weight is 504 g/mol. The third-order valence-corrected chi connectivity index (χ3v) is 12.5. The summed E-state index contributed by atoms with van der Waals surface area (Å²) in [6, 6.07) is 10.7. The van der Waals surface area contributed by atoms with Gasteiger partial charge in [-0.1, -0.05) is 62.8 Å². The van der Waals surface area contributed by atoms with Gasteiger partial charge in [0.05, 0.1) is 6.10 Å². The van der Waals surface area contributed by atoms with Gasteiger partial charge in [-0.25, -0.2) is 0 Å². The molecular formula is C34H49NO2. The normalized spacial score (nSPS) is 41.9. The van der Waals surface area contributed by atoms with E-state index in [9.17, 15) is 9.90 Å². The van der Waals surface area contributed by atoms with Crippen LogP contribution < -0.4 is 0 Å². The summed E-state index contributed by atoms with van der Waals surface area (Å²) >= 11 is 0. The van der Waals surface area contributed by atoms with E-state index in [2.05, 4.69) is 62.1 Å². The Morgan fingerprint density at radius 1 is 1.05 bits per heavy atom. The van der Waals surface area contributed by atoms with Gasteiger partial charge in [0, 0.05) is 25.4 Å². The zero-order valence-corrected chi connectivity index (χ0v) is 23.5. The number of hydrogen-bond donors (Lipinski definition) is 1. The summed E-state index contributed by atoms with van der Waals surface area (Å²) in [5, 5.41) is 10.3. The maximum atomic E-state index is 13.2. The number of hydrogen-bond acceptors (Lipinski definition) is 2. The number of likely N-dealkylation sites (tertiary alicyclic amines) is 1. The van der Waals surface area contributed by atoms with Crippen LogP contribution >= 0.6 is 0 Å². The molecule has 5 aliphatic rings. The van der Waals surface area contributed by atoms with Crippen LogP contribution in [0.1, 0.15) is 103 Å². The topological polar surface area (TPSA) is 40.5 Å². The van der Waals surface area contributed by atoms with Crippen molar-refractivity contribution in [3.05, 3.63) is 47.5 Å². The van der Waals surface area contributed by atoms with Gasteiger partial charge in [0.15, 0.2) is 0 Å². The first-order chi connectivity index (χ1) is 17.8. The lowest BCUT2D eigenvalue weighted by molar-refractivity contribution is -0.130. The number of aliphatic hydroxyl groups is 1. The smallest absolute Gasteiger partial charge is 0.222 e. The molecule has 1 unspecified atom stereocenters. The maximum absolute atomic E-state index is 13.2. The van der Waals surface area contributed by atoms with Crippen LogP contribution in [-0.2, 0) is 4.79 Å². The summed E-state index contributed by atoms with van der Waals surface area (Å²) in [6.45, 7) is 9.43. The molecule has 4 aliphatic carbocycles. The molecule has 0 bridgehead atoms. The number of carbonyl (C=O) groups is 1. The maximum Gasteiger partial charge on any atom is 0.222 e. The minimum atomic E-state index is -0.117. The van der Waals surface area contributed by atoms with Gasteiger partial charge in [0.1, 0.15) is 0 Å². The van der Waals surface area contributed by atoms with Gasteiger partial charge < -0.3 is 10.0 Å². The second-order valence-electron chi connectivity index (χ2n) is 14.1. The first-order valence-electron chi connectivity index (χ1n) is 15.5. The van der Waals surface area contributed by atoms with E-state index in [-0.39, 0.29) is 6.10 Å². The van der Waals surface area contributed by atoms with Crippen molar-refractivity contribution in [2.45, 2.75) is 103 Å². The Balaban J connectivity index is 1.07. The first kappa shape index (κ1) is 25.7. The Bertz CT molecular complexity index is 1020. The minimum absolute atomic E-state index is 0.117. The second-order valence-corrected chi connectivity index (χ2v) is 14.1. The molecule has 1 N–H and O–H groups in total. The highest BCUT2D eigenvalue weighted by atomic mass is 16.3. The monoisotopic (exact) mass is 503 g/mol. The molecule has 0 aromatic heterocycles. The SMILES string of the molecule is CC(CCC(=O)N1CC[C@H](c2ccccc2)C1)[C@H]1CC[C@H]2[C@@H]3CC=C4C[C@@H](O)CC[C@]4(C)[C@H]3CC[C@]12C. The van der Waals surface area contributed by atoms with E-state index in [0.29, 0.717) is 28.6 Å². The van der Waals surface area contributed by atoms with E-state index in [1.165, 1.54) is 44.1 Å². The third-order valence-electron chi connectivity index (χ3n) is 12.5. The average Bonchev–Trinajstić information content (AvgIpc) is 3.53. The van der Waals surface area contributed by atoms with E-state index in [1.807, 2.05) is 0 Å². The number of nitrogens with zero attached hydrogens (tertiary/aromatic N) is 1. The fourth-order valence-corrected chi connectivity index (χ4v) is 10.3. The molecule has 37 heavy (non-hydrogen) atoms. The standard InChI is InChI=1S/C34H49NO2/c1-23(9-14-32(37)35-20-17-25(22-35)24-7-5-4-6-8-24)29-12-13-30-28-11-10-26-21-27(36)15-18-33(26,2)31(28)16-19-34(29,30)3/h4-8,10,23,25,27-31,36H,9,11-22H2,1-3H3/t23?,25-,27-,28-,29+,30-,31-,33-,34+/m0/s1. The van der Waals surface area contributed by atoms with Crippen LogP contribution in [0.15, 0.2) is 42.0 Å². The van der Waals surface area contributed by atoms with Crippen LogP contribution in [0.5, 0.6) is 0 Å². The highest BCUT2D eigenvalue weighted by Gasteiger charge is 2.59. The van der Waals surface area contributed by atoms with Gasteiger partial charge in [-0.2, -0.15) is 0 Å². The van der Waals surface area contributed by atoms with Gasteiger partial charge >= 0.3 is 0 Å². The summed E-state index contributed by atoms with van der Waals surface area (Å²) in [6.07, 6.45) is 15.1. The molecular weight excluding hydrogens is 454 g/mol. The van der Waals surface area contributed by atoms with Crippen LogP contribution in [0.4, 0.5) is 0 Å². The van der Waals surface area contributed by atoms with Crippen LogP contribution in [-0.4, -0.2) is 35.1 Å². The Hall–Kier alpha value is -1.61. The zero-order chi connectivity index (χ0) is 25.8. The summed E-state index contributed by atoms with van der Waals surface area (Å²) in [7, 11) is 0. The molecule has 6 rings (SSSR count). The number of aliphatic hydroxyl groups excluding tert-OH is 1. The van der Waals surface area contributed by atoms with Crippen molar-refractivity contribution in [2.24, 2.45) is 40.4 Å². The molecule has 9 atom stereocenters. The Morgan fingerprint density at radius 3 is 2.68 bits per heavy atom. The van der Waals surface area contributed by atoms with Gasteiger partial charge in [-0.15, -0.1) is 0 Å². The van der Waals surface area contributed by atoms with Gasteiger partial charge in [-0.3, -0.25) is 4.79 Å². The molecule has 1 amide bonds. The Morgan fingerprint density at radius 2 is 1.86 bits per heavy atom. The van der Waals surface area contributed by atoms with Crippen molar-refractivity contribution in [3.63, 3.8) is 0 Å². The van der Waals surface area contributed by atoms with Crippen molar-refractivity contribution in [2.75, 3.05) is 13.1 Å². The predicted octanol–water partition coefficient (Wildman–Crippen LogP) is 7.36. The molecule has 1 aromatic rings. The van der Waals surface area contributed by atoms with Gasteiger partial charge in [-0.05, 0) is 110 Å². The number of fused-ring (bicyclic) bond motifs is 5. The molecule has 3 heteroatoms. The minimum Gasteiger partial charge on any atom is -0.393 e. The predicted molar refractivity (Wildman–Crippen MR) is 150 cm³/mol. The largest absolute Gasteiger partial charge is 0.393 e. The lowest BCUT2D eigenvalue weighted by atomic mass is 9.47. The van der Waals surface area contributed by atoms with Crippen LogP contribution in [0.3, 0.4) is 0 Å². The van der Waals surface area contributed by atoms with Crippen molar-refractivity contribution >= 4 is 5.91 Å². The number of rotatable bonds is 5. The number of allylic oxidation sites excluding steroid dienone is 1. The zero-order valence-electron chi connectivity index (χ0n) is 23.5. The van der Waals surface area contributed by atoms with E-state index in [4.69, 9.17) is 0 Å². The molecule has 202 valence electrons.